The summed E-state index contributed by atoms with van der Waals surface area (Å²) in [6.07, 6.45) is -0.565. The van der Waals surface area contributed by atoms with Gasteiger partial charge in [0.1, 0.15) is 17.2 Å². The highest BCUT2D eigenvalue weighted by Crippen LogP contribution is 2.28. The van der Waals surface area contributed by atoms with Gasteiger partial charge in [0.05, 0.1) is 19.4 Å². The molecule has 3 aromatic rings. The lowest BCUT2D eigenvalue weighted by molar-refractivity contribution is -0.138. The lowest BCUT2D eigenvalue weighted by atomic mass is 10.1. The van der Waals surface area contributed by atoms with Crippen LogP contribution in [-0.4, -0.2) is 67.0 Å². The van der Waals surface area contributed by atoms with Crippen molar-refractivity contribution < 1.29 is 19.0 Å². The van der Waals surface area contributed by atoms with Crippen molar-refractivity contribution in [3.63, 3.8) is 0 Å². The third kappa shape index (κ3) is 5.39. The molecule has 0 N–H and O–H groups in total. The summed E-state index contributed by atoms with van der Waals surface area (Å²) in [7, 11) is 1.64. The molecule has 0 saturated carbocycles. The molecule has 8 nitrogen and oxygen atoms in total. The Hall–Kier alpha value is -3.81. The number of piperazine rings is 1. The molecule has 2 heterocycles. The summed E-state index contributed by atoms with van der Waals surface area (Å²) in [5, 5.41) is 8.82. The molecule has 1 aliphatic heterocycles. The molecular formula is C26H30N4O4. The van der Waals surface area contributed by atoms with Crippen LogP contribution in [0.4, 0.5) is 5.82 Å². The number of hydrogen-bond acceptors (Lipinski definition) is 7. The molecule has 2 aromatic carbocycles. The Balaban J connectivity index is 1.31. The molecule has 1 aromatic heterocycles. The van der Waals surface area contributed by atoms with E-state index in [4.69, 9.17) is 14.2 Å². The molecule has 178 valence electrons. The number of para-hydroxylation sites is 1. The van der Waals surface area contributed by atoms with E-state index in [9.17, 15) is 4.79 Å². The highest BCUT2D eigenvalue weighted by Gasteiger charge is 2.26. The largest absolute Gasteiger partial charge is 0.496 e. The number of methoxy groups -OCH3 is 1. The van der Waals surface area contributed by atoms with Gasteiger partial charge in [-0.05, 0) is 62.4 Å². The zero-order chi connectivity index (χ0) is 23.9. The number of ether oxygens (including phenoxy) is 3. The van der Waals surface area contributed by atoms with Crippen molar-refractivity contribution >= 4 is 11.7 Å². The summed E-state index contributed by atoms with van der Waals surface area (Å²) in [6, 6.07) is 19.0. The summed E-state index contributed by atoms with van der Waals surface area (Å²) >= 11 is 0. The molecule has 1 amide bonds. The van der Waals surface area contributed by atoms with E-state index in [1.807, 2.05) is 72.5 Å². The molecule has 1 saturated heterocycles. The number of nitrogens with zero attached hydrogens (tertiary/aromatic N) is 4. The van der Waals surface area contributed by atoms with Crippen molar-refractivity contribution in [2.75, 3.05) is 44.8 Å². The number of hydrogen-bond donors (Lipinski definition) is 0. The minimum absolute atomic E-state index is 0.0221. The highest BCUT2D eigenvalue weighted by atomic mass is 16.5. The van der Waals surface area contributed by atoms with Gasteiger partial charge in [0.25, 0.3) is 5.91 Å². The predicted molar refractivity (Wildman–Crippen MR) is 131 cm³/mol. The molecular weight excluding hydrogens is 432 g/mol. The second-order valence-corrected chi connectivity index (χ2v) is 7.95. The smallest absolute Gasteiger partial charge is 0.263 e. The van der Waals surface area contributed by atoms with E-state index in [0.717, 1.165) is 28.6 Å². The summed E-state index contributed by atoms with van der Waals surface area (Å²) in [5.41, 5.74) is 1.66. The number of rotatable bonds is 8. The maximum atomic E-state index is 12.9. The van der Waals surface area contributed by atoms with Gasteiger partial charge in [-0.25, -0.2) is 0 Å². The summed E-state index contributed by atoms with van der Waals surface area (Å²) in [6.45, 7) is 6.91. The van der Waals surface area contributed by atoms with Crippen LogP contribution < -0.4 is 19.1 Å². The number of benzene rings is 2. The SMILES string of the molecule is CCOc1ccc(OC(C)C(=O)N2CCN(c3ccc(-c4ccccc4OC)nn3)CC2)cc1. The van der Waals surface area contributed by atoms with Crippen molar-refractivity contribution in [1.29, 1.82) is 0 Å². The fraction of sp³-hybridized carbons (Fsp3) is 0.346. The Morgan fingerprint density at radius 2 is 1.65 bits per heavy atom. The summed E-state index contributed by atoms with van der Waals surface area (Å²) in [5.74, 6) is 2.96. The minimum Gasteiger partial charge on any atom is -0.496 e. The lowest BCUT2D eigenvalue weighted by Crippen LogP contribution is -2.52. The molecule has 1 aliphatic rings. The van der Waals surface area contributed by atoms with Crippen LogP contribution in [0.3, 0.4) is 0 Å². The van der Waals surface area contributed by atoms with Crippen molar-refractivity contribution in [1.82, 2.24) is 15.1 Å². The van der Waals surface area contributed by atoms with E-state index in [1.54, 1.807) is 14.0 Å². The van der Waals surface area contributed by atoms with E-state index >= 15 is 0 Å². The summed E-state index contributed by atoms with van der Waals surface area (Å²) in [4.78, 5) is 16.9. The Labute approximate surface area is 200 Å². The second-order valence-electron chi connectivity index (χ2n) is 7.95. The van der Waals surface area contributed by atoms with Gasteiger partial charge in [-0.3, -0.25) is 4.79 Å². The van der Waals surface area contributed by atoms with Gasteiger partial charge in [0, 0.05) is 31.7 Å². The zero-order valence-electron chi connectivity index (χ0n) is 19.8. The fourth-order valence-corrected chi connectivity index (χ4v) is 3.94. The average Bonchev–Trinajstić information content (AvgIpc) is 2.89. The Bertz CT molecular complexity index is 1080. The zero-order valence-corrected chi connectivity index (χ0v) is 19.8. The average molecular weight is 463 g/mol. The number of aromatic nitrogens is 2. The van der Waals surface area contributed by atoms with Crippen LogP contribution in [0.25, 0.3) is 11.3 Å². The molecule has 1 unspecified atom stereocenters. The van der Waals surface area contributed by atoms with Gasteiger partial charge in [0.2, 0.25) is 0 Å². The first kappa shape index (κ1) is 23.4. The van der Waals surface area contributed by atoms with Gasteiger partial charge in [-0.2, -0.15) is 0 Å². The number of carbonyl (C=O) groups excluding carboxylic acids is 1. The van der Waals surface area contributed by atoms with Crippen LogP contribution in [0.2, 0.25) is 0 Å². The first-order valence-corrected chi connectivity index (χ1v) is 11.5. The van der Waals surface area contributed by atoms with Crippen LogP contribution in [0.15, 0.2) is 60.7 Å². The molecule has 34 heavy (non-hydrogen) atoms. The standard InChI is InChI=1S/C26H30N4O4/c1-4-33-20-9-11-21(12-10-20)34-19(2)26(31)30-17-15-29(16-18-30)25-14-13-23(27-28-25)22-7-5-6-8-24(22)32-3/h5-14,19H,4,15-18H2,1-3H3. The topological polar surface area (TPSA) is 77.0 Å². The fourth-order valence-electron chi connectivity index (χ4n) is 3.94. The molecule has 1 atom stereocenters. The van der Waals surface area contributed by atoms with Crippen LogP contribution in [0.5, 0.6) is 17.2 Å². The third-order valence-corrected chi connectivity index (χ3v) is 5.74. The van der Waals surface area contributed by atoms with Crippen LogP contribution in [0, 0.1) is 0 Å². The van der Waals surface area contributed by atoms with Crippen LogP contribution in [0.1, 0.15) is 13.8 Å². The van der Waals surface area contributed by atoms with Gasteiger partial charge >= 0.3 is 0 Å². The molecule has 1 fully saturated rings. The highest BCUT2D eigenvalue weighted by molar-refractivity contribution is 5.81. The molecule has 4 rings (SSSR count). The van der Waals surface area contributed by atoms with Crippen molar-refractivity contribution in [3.8, 4) is 28.5 Å². The van der Waals surface area contributed by atoms with E-state index in [-0.39, 0.29) is 5.91 Å². The maximum absolute atomic E-state index is 12.9. The van der Waals surface area contributed by atoms with Crippen molar-refractivity contribution in [2.24, 2.45) is 0 Å². The molecule has 0 aliphatic carbocycles. The van der Waals surface area contributed by atoms with Crippen molar-refractivity contribution in [2.45, 2.75) is 20.0 Å². The minimum atomic E-state index is -0.565. The summed E-state index contributed by atoms with van der Waals surface area (Å²) < 4.78 is 16.7. The van der Waals surface area contributed by atoms with E-state index in [0.29, 0.717) is 38.5 Å². The van der Waals surface area contributed by atoms with Gasteiger partial charge in [0.15, 0.2) is 11.9 Å². The van der Waals surface area contributed by atoms with E-state index in [1.165, 1.54) is 0 Å². The first-order valence-electron chi connectivity index (χ1n) is 11.5. The lowest BCUT2D eigenvalue weighted by Gasteiger charge is -2.36. The van der Waals surface area contributed by atoms with Gasteiger partial charge in [-0.15, -0.1) is 10.2 Å². The Kier molecular flexibility index (Phi) is 7.47. The number of carbonyl (C=O) groups is 1. The Morgan fingerprint density at radius 3 is 2.29 bits per heavy atom. The monoisotopic (exact) mass is 462 g/mol. The quantitative estimate of drug-likeness (QED) is 0.506. The number of anilines is 1. The van der Waals surface area contributed by atoms with Gasteiger partial charge < -0.3 is 24.0 Å². The molecule has 0 radical (unpaired) electrons. The van der Waals surface area contributed by atoms with E-state index in [2.05, 4.69) is 15.1 Å². The second kappa shape index (κ2) is 10.9. The van der Waals surface area contributed by atoms with Crippen LogP contribution in [-0.2, 0) is 4.79 Å². The normalized spacial score (nSPS) is 14.4. The van der Waals surface area contributed by atoms with Crippen LogP contribution >= 0.6 is 0 Å². The van der Waals surface area contributed by atoms with Crippen molar-refractivity contribution in [3.05, 3.63) is 60.7 Å². The number of amides is 1. The van der Waals surface area contributed by atoms with E-state index < -0.39 is 6.10 Å². The molecule has 8 heteroatoms. The van der Waals surface area contributed by atoms with Gasteiger partial charge in [-0.1, -0.05) is 12.1 Å². The third-order valence-electron chi connectivity index (χ3n) is 5.74. The molecule has 0 bridgehead atoms. The molecule has 0 spiro atoms. The first-order chi connectivity index (χ1) is 16.6. The predicted octanol–water partition coefficient (Wildman–Crippen LogP) is 3.67. The maximum Gasteiger partial charge on any atom is 0.263 e. The Morgan fingerprint density at radius 1 is 0.941 bits per heavy atom.